The van der Waals surface area contributed by atoms with Crippen molar-refractivity contribution in [3.05, 3.63) is 35.4 Å². The number of hydrogen-bond donors (Lipinski definition) is 1. The van der Waals surface area contributed by atoms with E-state index in [-0.39, 0.29) is 5.54 Å². The van der Waals surface area contributed by atoms with Crippen LogP contribution < -0.4 is 5.32 Å². The Kier molecular flexibility index (Phi) is 1.73. The molecule has 1 atom stereocenters. The van der Waals surface area contributed by atoms with Crippen LogP contribution in [0.5, 0.6) is 0 Å². The van der Waals surface area contributed by atoms with Gasteiger partial charge in [-0.1, -0.05) is 18.2 Å². The highest BCUT2D eigenvalue weighted by Gasteiger charge is 2.38. The summed E-state index contributed by atoms with van der Waals surface area (Å²) >= 11 is 0. The Hall–Kier alpha value is -1.24. The van der Waals surface area contributed by atoms with E-state index in [1.165, 1.54) is 36.1 Å². The minimum atomic E-state index is 0.235. The molecule has 1 aliphatic heterocycles. The van der Waals surface area contributed by atoms with Crippen LogP contribution in [0.2, 0.25) is 0 Å². The lowest BCUT2D eigenvalue weighted by Crippen LogP contribution is -2.36. The van der Waals surface area contributed by atoms with E-state index >= 15 is 0 Å². The number of hydrogen-bond acceptors (Lipinski definition) is 1. The van der Waals surface area contributed by atoms with Crippen LogP contribution in [0.25, 0.3) is 5.57 Å². The molecule has 1 heteroatoms. The zero-order valence-corrected chi connectivity index (χ0v) is 9.43. The Morgan fingerprint density at radius 3 is 2.93 bits per heavy atom. The molecular weight excluding hydrogens is 182 g/mol. The van der Waals surface area contributed by atoms with E-state index in [0.717, 1.165) is 0 Å². The molecular formula is C14H17N. The van der Waals surface area contributed by atoms with E-state index in [4.69, 9.17) is 0 Å². The lowest BCUT2D eigenvalue weighted by Gasteiger charge is -2.36. The van der Waals surface area contributed by atoms with Gasteiger partial charge in [-0.3, -0.25) is 0 Å². The molecule has 78 valence electrons. The monoisotopic (exact) mass is 199 g/mol. The van der Waals surface area contributed by atoms with Gasteiger partial charge in [-0.15, -0.1) is 0 Å². The van der Waals surface area contributed by atoms with Gasteiger partial charge in [0.1, 0.15) is 0 Å². The number of benzene rings is 1. The van der Waals surface area contributed by atoms with Crippen molar-refractivity contribution in [2.45, 2.75) is 38.6 Å². The summed E-state index contributed by atoms with van der Waals surface area (Å²) < 4.78 is 0. The molecule has 0 radical (unpaired) electrons. The summed E-state index contributed by atoms with van der Waals surface area (Å²) in [7, 11) is 0. The smallest absolute Gasteiger partial charge is 0.0563 e. The topological polar surface area (TPSA) is 12.0 Å². The van der Waals surface area contributed by atoms with Crippen LogP contribution in [0.1, 0.15) is 38.7 Å². The van der Waals surface area contributed by atoms with Gasteiger partial charge in [0.15, 0.2) is 0 Å². The first-order valence-corrected chi connectivity index (χ1v) is 5.78. The standard InChI is InChI=1S/C14H17N/c1-10-11-6-3-4-8-13(11)15-14(2)9-5-7-12(10)14/h3-4,6,8,15H,5,7,9H2,1-2H3. The fraction of sp³-hybridized carbons (Fsp3) is 0.429. The number of nitrogens with one attached hydrogen (secondary N) is 1. The third-order valence-electron chi connectivity index (χ3n) is 3.96. The molecule has 0 aromatic heterocycles. The highest BCUT2D eigenvalue weighted by molar-refractivity contribution is 5.83. The van der Waals surface area contributed by atoms with Crippen LogP contribution in [-0.2, 0) is 0 Å². The highest BCUT2D eigenvalue weighted by Crippen LogP contribution is 2.46. The molecule has 2 aliphatic rings. The Morgan fingerprint density at radius 1 is 1.27 bits per heavy atom. The van der Waals surface area contributed by atoms with Crippen LogP contribution in [0, 0.1) is 0 Å². The summed E-state index contributed by atoms with van der Waals surface area (Å²) in [6, 6.07) is 8.66. The van der Waals surface area contributed by atoms with E-state index in [0.29, 0.717) is 0 Å². The van der Waals surface area contributed by atoms with Crippen LogP contribution in [0.15, 0.2) is 29.8 Å². The molecule has 0 bridgehead atoms. The summed E-state index contributed by atoms with van der Waals surface area (Å²) in [5, 5.41) is 3.71. The molecule has 15 heavy (non-hydrogen) atoms. The summed E-state index contributed by atoms with van der Waals surface area (Å²) in [5.41, 5.74) is 6.07. The summed E-state index contributed by atoms with van der Waals surface area (Å²) in [5.74, 6) is 0. The Labute approximate surface area is 91.2 Å². The number of anilines is 1. The SMILES string of the molecule is CC1=C2CCCC2(C)Nc2ccccc21. The average molecular weight is 199 g/mol. The number of rotatable bonds is 0. The number of allylic oxidation sites excluding steroid dienone is 1. The molecule has 1 heterocycles. The third kappa shape index (κ3) is 1.16. The van der Waals surface area contributed by atoms with Crippen LogP contribution >= 0.6 is 0 Å². The minimum absolute atomic E-state index is 0.235. The number of para-hydroxylation sites is 1. The second-order valence-corrected chi connectivity index (χ2v) is 4.96. The van der Waals surface area contributed by atoms with Crippen molar-refractivity contribution in [3.63, 3.8) is 0 Å². The Morgan fingerprint density at radius 2 is 2.07 bits per heavy atom. The van der Waals surface area contributed by atoms with Gasteiger partial charge in [-0.2, -0.15) is 0 Å². The molecule has 0 spiro atoms. The molecule has 0 amide bonds. The van der Waals surface area contributed by atoms with Crippen LogP contribution in [0.3, 0.4) is 0 Å². The highest BCUT2D eigenvalue weighted by atomic mass is 15.0. The molecule has 0 saturated heterocycles. The van der Waals surface area contributed by atoms with Crippen molar-refractivity contribution in [3.8, 4) is 0 Å². The molecule has 3 rings (SSSR count). The van der Waals surface area contributed by atoms with Crippen molar-refractivity contribution in [1.29, 1.82) is 0 Å². The predicted octanol–water partition coefficient (Wildman–Crippen LogP) is 3.83. The van der Waals surface area contributed by atoms with Crippen LogP contribution in [0.4, 0.5) is 5.69 Å². The molecule has 1 fully saturated rings. The molecule has 1 N–H and O–H groups in total. The number of fused-ring (bicyclic) bond motifs is 2. The molecule has 1 nitrogen and oxygen atoms in total. The van der Waals surface area contributed by atoms with E-state index in [9.17, 15) is 0 Å². The second-order valence-electron chi connectivity index (χ2n) is 4.96. The van der Waals surface area contributed by atoms with Gasteiger partial charge in [0.25, 0.3) is 0 Å². The van der Waals surface area contributed by atoms with Gasteiger partial charge in [-0.05, 0) is 50.3 Å². The zero-order valence-electron chi connectivity index (χ0n) is 9.43. The van der Waals surface area contributed by atoms with E-state index in [1.54, 1.807) is 5.57 Å². The lowest BCUT2D eigenvalue weighted by atomic mass is 9.84. The maximum atomic E-state index is 3.71. The van der Waals surface area contributed by atoms with Crippen LogP contribution in [-0.4, -0.2) is 5.54 Å². The summed E-state index contributed by atoms with van der Waals surface area (Å²) in [6.07, 6.45) is 3.86. The zero-order chi connectivity index (χ0) is 10.5. The maximum absolute atomic E-state index is 3.71. The summed E-state index contributed by atoms with van der Waals surface area (Å²) in [6.45, 7) is 4.62. The van der Waals surface area contributed by atoms with Crippen molar-refractivity contribution < 1.29 is 0 Å². The molecule has 1 aromatic carbocycles. The minimum Gasteiger partial charge on any atom is -0.376 e. The van der Waals surface area contributed by atoms with Gasteiger partial charge in [-0.25, -0.2) is 0 Å². The molecule has 1 unspecified atom stereocenters. The largest absolute Gasteiger partial charge is 0.376 e. The first-order chi connectivity index (χ1) is 7.21. The van der Waals surface area contributed by atoms with E-state index in [1.807, 2.05) is 0 Å². The summed E-state index contributed by atoms with van der Waals surface area (Å²) in [4.78, 5) is 0. The first-order valence-electron chi connectivity index (χ1n) is 5.78. The maximum Gasteiger partial charge on any atom is 0.0563 e. The van der Waals surface area contributed by atoms with Crippen molar-refractivity contribution in [1.82, 2.24) is 0 Å². The van der Waals surface area contributed by atoms with Gasteiger partial charge in [0.2, 0.25) is 0 Å². The fourth-order valence-electron chi connectivity index (χ4n) is 3.16. The lowest BCUT2D eigenvalue weighted by molar-refractivity contribution is 0.608. The molecule has 1 aliphatic carbocycles. The Balaban J connectivity index is 2.23. The normalized spacial score (nSPS) is 28.4. The quantitative estimate of drug-likeness (QED) is 0.669. The van der Waals surface area contributed by atoms with Crippen molar-refractivity contribution >= 4 is 11.3 Å². The van der Waals surface area contributed by atoms with E-state index in [2.05, 4.69) is 43.4 Å². The molecule has 1 saturated carbocycles. The third-order valence-corrected chi connectivity index (χ3v) is 3.96. The van der Waals surface area contributed by atoms with Crippen molar-refractivity contribution in [2.24, 2.45) is 0 Å². The average Bonchev–Trinajstić information content (AvgIpc) is 2.60. The second kappa shape index (κ2) is 2.88. The first kappa shape index (κ1) is 9.02. The van der Waals surface area contributed by atoms with Gasteiger partial charge in [0.05, 0.1) is 5.54 Å². The van der Waals surface area contributed by atoms with Gasteiger partial charge in [0, 0.05) is 11.3 Å². The van der Waals surface area contributed by atoms with Gasteiger partial charge < -0.3 is 5.32 Å². The van der Waals surface area contributed by atoms with E-state index < -0.39 is 0 Å². The Bertz CT molecular complexity index is 444. The molecule has 1 aromatic rings. The van der Waals surface area contributed by atoms with Crippen molar-refractivity contribution in [2.75, 3.05) is 5.32 Å². The van der Waals surface area contributed by atoms with Gasteiger partial charge >= 0.3 is 0 Å². The fourth-order valence-corrected chi connectivity index (χ4v) is 3.16. The predicted molar refractivity (Wildman–Crippen MR) is 64.9 cm³/mol.